The third kappa shape index (κ3) is 2.13. The maximum Gasteiger partial charge on any atom is 0.260 e. The van der Waals surface area contributed by atoms with E-state index in [1.165, 1.54) is 0 Å². The average molecular weight is 310 g/mol. The highest BCUT2D eigenvalue weighted by atomic mass is 79.9. The smallest absolute Gasteiger partial charge is 0.260 e. The predicted molar refractivity (Wildman–Crippen MR) is 70.0 cm³/mol. The van der Waals surface area contributed by atoms with Crippen LogP contribution in [0.4, 0.5) is 5.69 Å². The van der Waals surface area contributed by atoms with Gasteiger partial charge in [0.1, 0.15) is 0 Å². The summed E-state index contributed by atoms with van der Waals surface area (Å²) >= 11 is 3.40. The Kier molecular flexibility index (Phi) is 3.05. The number of nitrogen functional groups attached to an aromatic ring is 1. The van der Waals surface area contributed by atoms with Crippen molar-refractivity contribution >= 4 is 21.6 Å². The third-order valence-corrected chi connectivity index (χ3v) is 3.48. The van der Waals surface area contributed by atoms with Crippen molar-refractivity contribution in [2.45, 2.75) is 12.3 Å². The maximum absolute atomic E-state index is 5.91. The van der Waals surface area contributed by atoms with E-state index in [2.05, 4.69) is 26.1 Å². The van der Waals surface area contributed by atoms with Crippen LogP contribution in [0.15, 0.2) is 27.2 Å². The quantitative estimate of drug-likeness (QED) is 0.863. The standard InChI is InChI=1S/C12H12BrN3O2/c13-8-1-2-10(14)9(5-8)12-15-11(16-18-12)7-3-4-17-6-7/h1-2,5,7H,3-4,6,14H2. The molecule has 2 aromatic rings. The lowest BCUT2D eigenvalue weighted by Gasteiger charge is -2.01. The van der Waals surface area contributed by atoms with Crippen molar-refractivity contribution in [2.75, 3.05) is 18.9 Å². The topological polar surface area (TPSA) is 74.2 Å². The molecule has 3 rings (SSSR count). The van der Waals surface area contributed by atoms with E-state index in [4.69, 9.17) is 15.0 Å². The Balaban J connectivity index is 1.94. The van der Waals surface area contributed by atoms with Gasteiger partial charge in [-0.25, -0.2) is 0 Å². The molecule has 1 aromatic carbocycles. The van der Waals surface area contributed by atoms with Crippen LogP contribution in [0.5, 0.6) is 0 Å². The van der Waals surface area contributed by atoms with Crippen LogP contribution in [0, 0.1) is 0 Å². The van der Waals surface area contributed by atoms with Crippen LogP contribution in [0.3, 0.4) is 0 Å². The van der Waals surface area contributed by atoms with E-state index in [0.717, 1.165) is 23.1 Å². The first-order chi connectivity index (χ1) is 8.74. The summed E-state index contributed by atoms with van der Waals surface area (Å²) in [6.45, 7) is 1.42. The van der Waals surface area contributed by atoms with Crippen molar-refractivity contribution in [3.63, 3.8) is 0 Å². The van der Waals surface area contributed by atoms with Gasteiger partial charge < -0.3 is 15.0 Å². The SMILES string of the molecule is Nc1ccc(Br)cc1-c1nc(C2CCOC2)no1. The van der Waals surface area contributed by atoms with Gasteiger partial charge >= 0.3 is 0 Å². The summed E-state index contributed by atoms with van der Waals surface area (Å²) in [5, 5.41) is 4.01. The molecule has 1 fully saturated rings. The number of aromatic nitrogens is 2. The van der Waals surface area contributed by atoms with Crippen molar-refractivity contribution in [2.24, 2.45) is 0 Å². The summed E-state index contributed by atoms with van der Waals surface area (Å²) in [4.78, 5) is 4.41. The molecule has 1 aliphatic heterocycles. The fraction of sp³-hybridized carbons (Fsp3) is 0.333. The van der Waals surface area contributed by atoms with E-state index in [0.29, 0.717) is 24.0 Å². The highest BCUT2D eigenvalue weighted by molar-refractivity contribution is 9.10. The van der Waals surface area contributed by atoms with Crippen LogP contribution in [0.2, 0.25) is 0 Å². The average Bonchev–Trinajstić information content (AvgIpc) is 3.00. The Morgan fingerprint density at radius 3 is 3.06 bits per heavy atom. The van der Waals surface area contributed by atoms with E-state index in [-0.39, 0.29) is 5.92 Å². The van der Waals surface area contributed by atoms with Crippen molar-refractivity contribution in [1.29, 1.82) is 0 Å². The summed E-state index contributed by atoms with van der Waals surface area (Å²) in [6, 6.07) is 5.56. The second kappa shape index (κ2) is 4.70. The van der Waals surface area contributed by atoms with Crippen LogP contribution in [-0.4, -0.2) is 23.4 Å². The highest BCUT2D eigenvalue weighted by Crippen LogP contribution is 2.30. The number of hydrogen-bond donors (Lipinski definition) is 1. The zero-order valence-electron chi connectivity index (χ0n) is 9.60. The van der Waals surface area contributed by atoms with Gasteiger partial charge in [-0.2, -0.15) is 4.98 Å². The van der Waals surface area contributed by atoms with Crippen molar-refractivity contribution < 1.29 is 9.26 Å². The van der Waals surface area contributed by atoms with Crippen molar-refractivity contribution in [1.82, 2.24) is 10.1 Å². The van der Waals surface area contributed by atoms with Gasteiger partial charge in [-0.3, -0.25) is 0 Å². The Hall–Kier alpha value is -1.40. The summed E-state index contributed by atoms with van der Waals surface area (Å²) < 4.78 is 11.5. The second-order valence-electron chi connectivity index (χ2n) is 4.25. The van der Waals surface area contributed by atoms with E-state index >= 15 is 0 Å². The first-order valence-electron chi connectivity index (χ1n) is 5.71. The molecule has 18 heavy (non-hydrogen) atoms. The molecular weight excluding hydrogens is 298 g/mol. The van der Waals surface area contributed by atoms with Gasteiger partial charge in [-0.05, 0) is 24.6 Å². The molecule has 2 N–H and O–H groups in total. The van der Waals surface area contributed by atoms with Gasteiger partial charge in [0.2, 0.25) is 0 Å². The lowest BCUT2D eigenvalue weighted by Crippen LogP contribution is -1.99. The molecule has 2 heterocycles. The number of benzene rings is 1. The van der Waals surface area contributed by atoms with E-state index in [9.17, 15) is 0 Å². The Bertz CT molecular complexity index is 564. The molecule has 6 heteroatoms. The number of ether oxygens (including phenoxy) is 1. The van der Waals surface area contributed by atoms with Crippen molar-refractivity contribution in [3.05, 3.63) is 28.5 Å². The first-order valence-corrected chi connectivity index (χ1v) is 6.50. The molecule has 1 aromatic heterocycles. The fourth-order valence-electron chi connectivity index (χ4n) is 1.96. The summed E-state index contributed by atoms with van der Waals surface area (Å²) in [5.74, 6) is 1.38. The minimum absolute atomic E-state index is 0.232. The normalized spacial score (nSPS) is 19.3. The number of halogens is 1. The van der Waals surface area contributed by atoms with Crippen LogP contribution >= 0.6 is 15.9 Å². The first kappa shape index (κ1) is 11.7. The number of hydrogen-bond acceptors (Lipinski definition) is 5. The molecule has 1 atom stereocenters. The third-order valence-electron chi connectivity index (χ3n) is 2.98. The largest absolute Gasteiger partial charge is 0.398 e. The lowest BCUT2D eigenvalue weighted by atomic mass is 10.1. The molecule has 1 saturated heterocycles. The van der Waals surface area contributed by atoms with E-state index < -0.39 is 0 Å². The zero-order valence-corrected chi connectivity index (χ0v) is 11.2. The molecule has 1 aliphatic rings. The molecule has 0 amide bonds. The Labute approximate surface area is 112 Å². The molecule has 0 radical (unpaired) electrons. The molecule has 0 bridgehead atoms. The van der Waals surface area contributed by atoms with E-state index in [1.54, 1.807) is 0 Å². The summed E-state index contributed by atoms with van der Waals surface area (Å²) in [6.07, 6.45) is 0.937. The predicted octanol–water partition coefficient (Wildman–Crippen LogP) is 2.59. The summed E-state index contributed by atoms with van der Waals surface area (Å²) in [7, 11) is 0. The molecule has 5 nitrogen and oxygen atoms in total. The summed E-state index contributed by atoms with van der Waals surface area (Å²) in [5.41, 5.74) is 7.28. The Morgan fingerprint density at radius 1 is 1.39 bits per heavy atom. The van der Waals surface area contributed by atoms with Gasteiger partial charge in [0, 0.05) is 22.7 Å². The molecule has 0 spiro atoms. The monoisotopic (exact) mass is 309 g/mol. The van der Waals surface area contributed by atoms with Crippen LogP contribution < -0.4 is 5.73 Å². The van der Waals surface area contributed by atoms with Gasteiger partial charge in [-0.15, -0.1) is 0 Å². The molecule has 0 aliphatic carbocycles. The van der Waals surface area contributed by atoms with Gasteiger partial charge in [0.15, 0.2) is 5.82 Å². The minimum atomic E-state index is 0.232. The molecular formula is C12H12BrN3O2. The van der Waals surface area contributed by atoms with E-state index in [1.807, 2.05) is 18.2 Å². The zero-order chi connectivity index (χ0) is 12.5. The number of nitrogens with two attached hydrogens (primary N) is 1. The maximum atomic E-state index is 5.91. The van der Waals surface area contributed by atoms with Crippen LogP contribution in [0.25, 0.3) is 11.5 Å². The second-order valence-corrected chi connectivity index (χ2v) is 5.17. The molecule has 0 saturated carbocycles. The minimum Gasteiger partial charge on any atom is -0.398 e. The van der Waals surface area contributed by atoms with Crippen LogP contribution in [0.1, 0.15) is 18.2 Å². The van der Waals surface area contributed by atoms with Crippen LogP contribution in [-0.2, 0) is 4.74 Å². The molecule has 94 valence electrons. The Morgan fingerprint density at radius 2 is 2.28 bits per heavy atom. The van der Waals surface area contributed by atoms with Gasteiger partial charge in [0.05, 0.1) is 12.2 Å². The molecule has 1 unspecified atom stereocenters. The fourth-order valence-corrected chi connectivity index (χ4v) is 2.32. The van der Waals surface area contributed by atoms with Gasteiger partial charge in [0.25, 0.3) is 5.89 Å². The number of anilines is 1. The number of rotatable bonds is 2. The lowest BCUT2D eigenvalue weighted by molar-refractivity contribution is 0.192. The highest BCUT2D eigenvalue weighted by Gasteiger charge is 2.23. The number of nitrogens with zero attached hydrogens (tertiary/aromatic N) is 2. The van der Waals surface area contributed by atoms with Gasteiger partial charge in [-0.1, -0.05) is 21.1 Å². The van der Waals surface area contributed by atoms with Crippen molar-refractivity contribution in [3.8, 4) is 11.5 Å².